The summed E-state index contributed by atoms with van der Waals surface area (Å²) in [4.78, 5) is 0. The van der Waals surface area contributed by atoms with Crippen LogP contribution >= 0.6 is 15.9 Å². The highest BCUT2D eigenvalue weighted by Crippen LogP contribution is 2.46. The quantitative estimate of drug-likeness (QED) is 0.344. The Kier molecular flexibility index (Phi) is 8.61. The van der Waals surface area contributed by atoms with Gasteiger partial charge in [-0.05, 0) is 111 Å². The molecule has 0 amide bonds. The second kappa shape index (κ2) is 11.1. The monoisotopic (exact) mass is 588 g/mol. The molecule has 5 rings (SSSR count). The molecule has 2 aromatic carbocycles. The molecule has 8 heteroatoms. The first kappa shape index (κ1) is 29.4. The van der Waals surface area contributed by atoms with Crippen LogP contribution in [0.15, 0.2) is 40.9 Å². The summed E-state index contributed by atoms with van der Waals surface area (Å²) in [6.45, 7) is 8.23. The number of hydrogen-bond donors (Lipinski definition) is 0. The lowest BCUT2D eigenvalue weighted by Gasteiger charge is -2.41. The zero-order valence-electron chi connectivity index (χ0n) is 24.1. The van der Waals surface area contributed by atoms with Gasteiger partial charge in [-0.25, -0.2) is 0 Å². The molecule has 0 radical (unpaired) electrons. The third-order valence-electron chi connectivity index (χ3n) is 9.05. The Morgan fingerprint density at radius 3 is 1.53 bits per heavy atom. The second-order valence-corrected chi connectivity index (χ2v) is 12.4. The topological polar surface area (TPSA) is 55.4 Å². The number of benzene rings is 2. The molecule has 6 nitrogen and oxygen atoms in total. The van der Waals surface area contributed by atoms with Gasteiger partial charge in [0.25, 0.3) is 0 Å². The minimum absolute atomic E-state index is 0.0615. The van der Waals surface area contributed by atoms with Crippen LogP contribution in [-0.4, -0.2) is 46.8 Å². The number of rotatable bonds is 7. The summed E-state index contributed by atoms with van der Waals surface area (Å²) in [6, 6.07) is 12.4. The highest BCUT2D eigenvalue weighted by Gasteiger charge is 2.52. The Labute approximate surface area is 236 Å². The van der Waals surface area contributed by atoms with Crippen LogP contribution in [-0.2, 0) is 30.0 Å². The van der Waals surface area contributed by atoms with Crippen molar-refractivity contribution in [2.24, 2.45) is 0 Å². The van der Waals surface area contributed by atoms with Crippen LogP contribution in [0, 0.1) is 0 Å². The van der Waals surface area contributed by atoms with Crippen molar-refractivity contribution in [3.8, 4) is 11.5 Å². The molecule has 2 aliphatic carbocycles. The van der Waals surface area contributed by atoms with E-state index < -0.39 is 7.12 Å². The zero-order chi connectivity index (χ0) is 27.8. The Morgan fingerprint density at radius 1 is 0.684 bits per heavy atom. The lowest BCUT2D eigenvalue weighted by Crippen LogP contribution is -2.41. The predicted molar refractivity (Wildman–Crippen MR) is 154 cm³/mol. The fraction of sp³-hybridized carbons (Fsp3) is 0.600. The van der Waals surface area contributed by atoms with Crippen molar-refractivity contribution in [3.63, 3.8) is 0 Å². The zero-order valence-corrected chi connectivity index (χ0v) is 25.7. The van der Waals surface area contributed by atoms with Gasteiger partial charge >= 0.3 is 7.12 Å². The minimum atomic E-state index is -0.413. The van der Waals surface area contributed by atoms with Gasteiger partial charge in [-0.2, -0.15) is 0 Å². The van der Waals surface area contributed by atoms with Crippen molar-refractivity contribution in [1.82, 2.24) is 0 Å². The summed E-state index contributed by atoms with van der Waals surface area (Å²) in [5.41, 5.74) is 2.39. The molecule has 0 unspecified atom stereocenters. The van der Waals surface area contributed by atoms with E-state index in [9.17, 15) is 0 Å². The molecule has 0 spiro atoms. The maximum absolute atomic E-state index is 6.15. The molecule has 2 aromatic rings. The molecule has 0 atom stereocenters. The summed E-state index contributed by atoms with van der Waals surface area (Å²) in [7, 11) is 6.53. The Bertz CT molecular complexity index is 1100. The van der Waals surface area contributed by atoms with Gasteiger partial charge < -0.3 is 28.3 Å². The standard InChI is InChI=1S/C18H27BO4.C12H15BrO2/c1-16(2)17(3,4)23-19(22-16)14-9-8-13(12-15(14)20-5)18(21-6)10-7-11-18;1-14-11-8-9(4-5-10(11)13)12(15-2)6-3-7-12/h8-9,12H,7,10-11H2,1-6H3;4-5,8H,3,6-7H2,1-2H3. The first-order valence-corrected chi connectivity index (χ1v) is 14.2. The molecule has 1 aliphatic heterocycles. The molecular weight excluding hydrogens is 547 g/mol. The van der Waals surface area contributed by atoms with Crippen LogP contribution in [0.4, 0.5) is 0 Å². The average Bonchev–Trinajstić information content (AvgIpc) is 3.06. The Hall–Kier alpha value is -1.58. The van der Waals surface area contributed by atoms with E-state index in [1.807, 2.05) is 6.07 Å². The van der Waals surface area contributed by atoms with E-state index in [1.165, 1.54) is 24.0 Å². The van der Waals surface area contributed by atoms with Gasteiger partial charge in [0, 0.05) is 19.7 Å². The summed E-state index contributed by atoms with van der Waals surface area (Å²) >= 11 is 3.45. The summed E-state index contributed by atoms with van der Waals surface area (Å²) < 4.78 is 35.6. The van der Waals surface area contributed by atoms with Crippen LogP contribution in [0.2, 0.25) is 0 Å². The van der Waals surface area contributed by atoms with Gasteiger partial charge in [0.1, 0.15) is 11.5 Å². The van der Waals surface area contributed by atoms with Crippen LogP contribution in [0.25, 0.3) is 0 Å². The van der Waals surface area contributed by atoms with E-state index in [4.69, 9.17) is 28.3 Å². The third-order valence-corrected chi connectivity index (χ3v) is 9.70. The minimum Gasteiger partial charge on any atom is -0.497 e. The molecule has 208 valence electrons. The molecule has 1 saturated heterocycles. The van der Waals surface area contributed by atoms with Crippen LogP contribution in [0.3, 0.4) is 0 Å². The Morgan fingerprint density at radius 2 is 1.13 bits per heavy atom. The summed E-state index contributed by atoms with van der Waals surface area (Å²) in [5.74, 6) is 1.67. The third kappa shape index (κ3) is 5.27. The highest BCUT2D eigenvalue weighted by molar-refractivity contribution is 9.10. The normalized spacial score (nSPS) is 22.0. The lowest BCUT2D eigenvalue weighted by molar-refractivity contribution is -0.0780. The van der Waals surface area contributed by atoms with E-state index in [-0.39, 0.29) is 22.4 Å². The summed E-state index contributed by atoms with van der Waals surface area (Å²) in [5, 5.41) is 0. The number of halogens is 1. The molecule has 0 N–H and O–H groups in total. The van der Waals surface area contributed by atoms with Gasteiger partial charge in [-0.15, -0.1) is 0 Å². The van der Waals surface area contributed by atoms with Crippen molar-refractivity contribution >= 4 is 28.5 Å². The van der Waals surface area contributed by atoms with E-state index in [1.54, 1.807) is 28.4 Å². The van der Waals surface area contributed by atoms with Gasteiger partial charge in [0.2, 0.25) is 0 Å². The first-order valence-electron chi connectivity index (χ1n) is 13.4. The maximum Gasteiger partial charge on any atom is 0.498 e. The molecule has 3 aliphatic rings. The molecule has 2 saturated carbocycles. The Balaban J connectivity index is 0.000000194. The number of ether oxygens (including phenoxy) is 4. The average molecular weight is 589 g/mol. The van der Waals surface area contributed by atoms with Crippen LogP contribution in [0.1, 0.15) is 77.3 Å². The van der Waals surface area contributed by atoms with Crippen LogP contribution < -0.4 is 14.9 Å². The number of hydrogen-bond acceptors (Lipinski definition) is 6. The first-order chi connectivity index (χ1) is 18.0. The van der Waals surface area contributed by atoms with Gasteiger partial charge in [-0.1, -0.05) is 18.2 Å². The van der Waals surface area contributed by atoms with Crippen molar-refractivity contribution in [1.29, 1.82) is 0 Å². The number of methoxy groups -OCH3 is 4. The van der Waals surface area contributed by atoms with E-state index in [0.717, 1.165) is 47.1 Å². The van der Waals surface area contributed by atoms with Crippen molar-refractivity contribution in [3.05, 3.63) is 52.0 Å². The fourth-order valence-corrected chi connectivity index (χ4v) is 5.73. The SMILES string of the molecule is COc1cc(C2(OC)CCC2)ccc1B1OC(C)(C)C(C)(C)O1.COc1cc(C2(OC)CCC2)ccc1Br. The molecular formula is C30H42BBrO6. The lowest BCUT2D eigenvalue weighted by atomic mass is 9.72. The van der Waals surface area contributed by atoms with E-state index in [2.05, 4.69) is 74.0 Å². The highest BCUT2D eigenvalue weighted by atomic mass is 79.9. The van der Waals surface area contributed by atoms with Gasteiger partial charge in [0.05, 0.1) is 41.1 Å². The van der Waals surface area contributed by atoms with Crippen LogP contribution in [0.5, 0.6) is 11.5 Å². The van der Waals surface area contributed by atoms with E-state index in [0.29, 0.717) is 0 Å². The maximum atomic E-state index is 6.15. The van der Waals surface area contributed by atoms with Crippen molar-refractivity contribution in [2.75, 3.05) is 28.4 Å². The van der Waals surface area contributed by atoms with E-state index >= 15 is 0 Å². The van der Waals surface area contributed by atoms with Gasteiger partial charge in [-0.3, -0.25) is 0 Å². The summed E-state index contributed by atoms with van der Waals surface area (Å²) in [6.07, 6.45) is 6.77. The molecule has 3 fully saturated rings. The fourth-order valence-electron chi connectivity index (χ4n) is 5.32. The van der Waals surface area contributed by atoms with Crippen molar-refractivity contribution in [2.45, 2.75) is 88.6 Å². The van der Waals surface area contributed by atoms with Crippen molar-refractivity contribution < 1.29 is 28.3 Å². The molecule has 0 bridgehead atoms. The smallest absolute Gasteiger partial charge is 0.497 e. The molecule has 1 heterocycles. The largest absolute Gasteiger partial charge is 0.498 e. The molecule has 38 heavy (non-hydrogen) atoms. The second-order valence-electron chi connectivity index (χ2n) is 11.5. The van der Waals surface area contributed by atoms with Gasteiger partial charge in [0.15, 0.2) is 0 Å². The predicted octanol–water partition coefficient (Wildman–Crippen LogP) is 6.50. The molecule has 0 aromatic heterocycles.